The zero-order valence-electron chi connectivity index (χ0n) is 18.0. The Bertz CT molecular complexity index is 1180. The van der Waals surface area contributed by atoms with Gasteiger partial charge >= 0.3 is 0 Å². The van der Waals surface area contributed by atoms with Gasteiger partial charge in [0.1, 0.15) is 0 Å². The molecule has 0 spiro atoms. The van der Waals surface area contributed by atoms with Crippen LogP contribution in [0.25, 0.3) is 4.96 Å². The number of hydrogen-bond acceptors (Lipinski definition) is 5. The first kappa shape index (κ1) is 20.5. The van der Waals surface area contributed by atoms with Crippen LogP contribution in [-0.4, -0.2) is 21.0 Å². The number of anilines is 1. The van der Waals surface area contributed by atoms with E-state index in [1.165, 1.54) is 67.2 Å². The van der Waals surface area contributed by atoms with E-state index in [9.17, 15) is 9.59 Å². The normalized spacial score (nSPS) is 28.3. The molecule has 4 aliphatic carbocycles. The SMILES string of the molecule is O=C(CSCc1cc(=O)n2ccsc2n1)Nc1ccc(C23CC4CC(CC(C4)C2)C3)cc1. The molecule has 0 unspecified atom stereocenters. The van der Waals surface area contributed by atoms with E-state index in [2.05, 4.69) is 34.6 Å². The van der Waals surface area contributed by atoms with E-state index in [1.807, 2.05) is 5.38 Å². The maximum Gasteiger partial charge on any atom is 0.258 e. The fraction of sp³-hybridized carbons (Fsp3) is 0.480. The van der Waals surface area contributed by atoms with Crippen molar-refractivity contribution in [3.8, 4) is 0 Å². The third-order valence-corrected chi connectivity index (χ3v) is 9.38. The highest BCUT2D eigenvalue weighted by molar-refractivity contribution is 7.99. The van der Waals surface area contributed by atoms with Gasteiger partial charge in [-0.3, -0.25) is 14.0 Å². The summed E-state index contributed by atoms with van der Waals surface area (Å²) >= 11 is 2.92. The van der Waals surface area contributed by atoms with Crippen molar-refractivity contribution < 1.29 is 4.79 Å². The molecule has 3 aromatic rings. The third-order valence-electron chi connectivity index (χ3n) is 7.66. The quantitative estimate of drug-likeness (QED) is 0.550. The van der Waals surface area contributed by atoms with Gasteiger partial charge in [-0.05, 0) is 79.4 Å². The molecule has 7 heteroatoms. The van der Waals surface area contributed by atoms with Gasteiger partial charge in [-0.2, -0.15) is 0 Å². The standard InChI is InChI=1S/C25H27N3O2S2/c29-22(15-31-14-21-10-23(30)28-5-6-32-24(28)27-21)26-20-3-1-19(2-4-20)25-11-16-7-17(12-25)9-18(8-16)13-25/h1-6,10,16-18H,7-9,11-15H2,(H,26,29). The van der Waals surface area contributed by atoms with Crippen LogP contribution in [0.4, 0.5) is 5.69 Å². The minimum absolute atomic E-state index is 0.0218. The van der Waals surface area contributed by atoms with Crippen LogP contribution in [0, 0.1) is 17.8 Å². The molecule has 1 aromatic carbocycles. The van der Waals surface area contributed by atoms with Crippen molar-refractivity contribution in [3.63, 3.8) is 0 Å². The molecule has 4 aliphatic rings. The monoisotopic (exact) mass is 465 g/mol. The van der Waals surface area contributed by atoms with E-state index in [-0.39, 0.29) is 11.5 Å². The van der Waals surface area contributed by atoms with E-state index in [0.29, 0.717) is 21.9 Å². The van der Waals surface area contributed by atoms with Gasteiger partial charge in [0.15, 0.2) is 4.96 Å². The second-order valence-electron chi connectivity index (χ2n) is 9.96. The Hall–Kier alpha value is -2.12. The molecule has 4 saturated carbocycles. The second-order valence-corrected chi connectivity index (χ2v) is 11.8. The van der Waals surface area contributed by atoms with E-state index in [4.69, 9.17) is 0 Å². The molecule has 7 rings (SSSR count). The lowest BCUT2D eigenvalue weighted by atomic mass is 9.48. The molecule has 1 N–H and O–H groups in total. The molecule has 32 heavy (non-hydrogen) atoms. The summed E-state index contributed by atoms with van der Waals surface area (Å²) in [5.74, 6) is 3.66. The molecule has 1 amide bonds. The molecule has 2 heterocycles. The van der Waals surface area contributed by atoms with Gasteiger partial charge in [0.05, 0.1) is 11.4 Å². The number of thiazole rings is 1. The number of carbonyl (C=O) groups is 1. The third kappa shape index (κ3) is 3.79. The highest BCUT2D eigenvalue weighted by atomic mass is 32.2. The maximum atomic E-state index is 12.4. The molecule has 0 radical (unpaired) electrons. The number of amides is 1. The lowest BCUT2D eigenvalue weighted by Gasteiger charge is -2.57. The molecule has 4 bridgehead atoms. The number of carbonyl (C=O) groups excluding carboxylic acids is 1. The summed E-state index contributed by atoms with van der Waals surface area (Å²) < 4.78 is 1.54. The highest BCUT2D eigenvalue weighted by Gasteiger charge is 2.51. The summed E-state index contributed by atoms with van der Waals surface area (Å²) in [5.41, 5.74) is 3.37. The Balaban J connectivity index is 1.05. The predicted molar refractivity (Wildman–Crippen MR) is 130 cm³/mol. The molecule has 0 saturated heterocycles. The first-order chi connectivity index (χ1) is 15.6. The number of fused-ring (bicyclic) bond motifs is 1. The van der Waals surface area contributed by atoms with Gasteiger partial charge in [-0.15, -0.1) is 23.1 Å². The van der Waals surface area contributed by atoms with Gasteiger partial charge < -0.3 is 5.32 Å². The molecular formula is C25H27N3O2S2. The van der Waals surface area contributed by atoms with Crippen molar-refractivity contribution in [2.75, 3.05) is 11.1 Å². The van der Waals surface area contributed by atoms with Crippen molar-refractivity contribution in [3.05, 3.63) is 63.5 Å². The fourth-order valence-corrected chi connectivity index (χ4v) is 8.23. The number of rotatable bonds is 6. The summed E-state index contributed by atoms with van der Waals surface area (Å²) in [6.07, 6.45) is 10.2. The number of nitrogens with one attached hydrogen (secondary N) is 1. The lowest BCUT2D eigenvalue weighted by Crippen LogP contribution is -2.48. The first-order valence-corrected chi connectivity index (χ1v) is 13.5. The summed E-state index contributed by atoms with van der Waals surface area (Å²) in [6, 6.07) is 10.2. The number of aromatic nitrogens is 2. The van der Waals surface area contributed by atoms with Crippen molar-refractivity contribution in [1.29, 1.82) is 0 Å². The average molecular weight is 466 g/mol. The first-order valence-electron chi connectivity index (χ1n) is 11.5. The van der Waals surface area contributed by atoms with Crippen LogP contribution in [0.5, 0.6) is 0 Å². The molecule has 166 valence electrons. The van der Waals surface area contributed by atoms with Crippen LogP contribution in [0.2, 0.25) is 0 Å². The van der Waals surface area contributed by atoms with E-state index in [1.54, 1.807) is 16.7 Å². The number of nitrogens with zero attached hydrogens (tertiary/aromatic N) is 2. The summed E-state index contributed by atoms with van der Waals surface area (Å²) in [6.45, 7) is 0. The van der Waals surface area contributed by atoms with E-state index < -0.39 is 0 Å². The largest absolute Gasteiger partial charge is 0.325 e. The van der Waals surface area contributed by atoms with E-state index in [0.717, 1.165) is 29.1 Å². The number of hydrogen-bond donors (Lipinski definition) is 1. The zero-order valence-corrected chi connectivity index (χ0v) is 19.6. The molecular weight excluding hydrogens is 438 g/mol. The smallest absolute Gasteiger partial charge is 0.258 e. The highest BCUT2D eigenvalue weighted by Crippen LogP contribution is 2.60. The van der Waals surface area contributed by atoms with Gasteiger partial charge in [0.2, 0.25) is 5.91 Å². The molecule has 0 aliphatic heterocycles. The molecule has 5 nitrogen and oxygen atoms in total. The lowest BCUT2D eigenvalue weighted by molar-refractivity contribution is -0.113. The second kappa shape index (κ2) is 8.03. The topological polar surface area (TPSA) is 63.5 Å². The Morgan fingerprint density at radius 1 is 1.12 bits per heavy atom. The van der Waals surface area contributed by atoms with Crippen molar-refractivity contribution >= 4 is 39.7 Å². The van der Waals surface area contributed by atoms with Gasteiger partial charge in [0.25, 0.3) is 5.56 Å². The summed E-state index contributed by atoms with van der Waals surface area (Å²) in [7, 11) is 0. The Labute approximate surface area is 195 Å². The van der Waals surface area contributed by atoms with Crippen molar-refractivity contribution in [2.45, 2.75) is 49.7 Å². The number of benzene rings is 1. The van der Waals surface area contributed by atoms with Gasteiger partial charge in [-0.1, -0.05) is 12.1 Å². The minimum Gasteiger partial charge on any atom is -0.325 e. The zero-order chi connectivity index (χ0) is 21.7. The molecule has 4 fully saturated rings. The van der Waals surface area contributed by atoms with Crippen molar-refractivity contribution in [2.24, 2.45) is 17.8 Å². The van der Waals surface area contributed by atoms with Crippen molar-refractivity contribution in [1.82, 2.24) is 9.38 Å². The van der Waals surface area contributed by atoms with Gasteiger partial charge in [0, 0.05) is 29.1 Å². The van der Waals surface area contributed by atoms with Gasteiger partial charge in [-0.25, -0.2) is 4.98 Å². The summed E-state index contributed by atoms with van der Waals surface area (Å²) in [4.78, 5) is 29.7. The Morgan fingerprint density at radius 2 is 1.81 bits per heavy atom. The average Bonchev–Trinajstić information content (AvgIpc) is 3.23. The molecule has 2 aromatic heterocycles. The fourth-order valence-electron chi connectivity index (χ4n) is 6.78. The Morgan fingerprint density at radius 3 is 2.50 bits per heavy atom. The van der Waals surface area contributed by atoms with Crippen LogP contribution in [0.1, 0.15) is 49.8 Å². The van der Waals surface area contributed by atoms with E-state index >= 15 is 0 Å². The van der Waals surface area contributed by atoms with Crippen LogP contribution >= 0.6 is 23.1 Å². The van der Waals surface area contributed by atoms with Crippen LogP contribution in [0.3, 0.4) is 0 Å². The minimum atomic E-state index is -0.0737. The summed E-state index contributed by atoms with van der Waals surface area (Å²) in [5, 5.41) is 4.87. The number of thioether (sulfide) groups is 1. The van der Waals surface area contributed by atoms with Crippen LogP contribution < -0.4 is 10.9 Å². The Kier molecular flexibility index (Phi) is 5.14. The molecule has 0 atom stereocenters. The predicted octanol–water partition coefficient (Wildman–Crippen LogP) is 5.10. The maximum absolute atomic E-state index is 12.4. The van der Waals surface area contributed by atoms with Crippen LogP contribution in [-0.2, 0) is 16.0 Å². The van der Waals surface area contributed by atoms with Crippen LogP contribution in [0.15, 0.2) is 46.7 Å².